The van der Waals surface area contributed by atoms with Gasteiger partial charge in [-0.05, 0) is 49.6 Å². The summed E-state index contributed by atoms with van der Waals surface area (Å²) in [7, 11) is -3.66. The molecule has 6 nitrogen and oxygen atoms in total. The Hall–Kier alpha value is -2.64. The van der Waals surface area contributed by atoms with Crippen LogP contribution in [-0.4, -0.2) is 31.7 Å². The second kappa shape index (κ2) is 9.91. The van der Waals surface area contributed by atoms with Crippen LogP contribution in [0.4, 0.5) is 5.69 Å². The summed E-state index contributed by atoms with van der Waals surface area (Å²) in [6.07, 6.45) is 6.40. The lowest BCUT2D eigenvalue weighted by Gasteiger charge is -2.21. The molecular formula is C23H28N2O4S. The van der Waals surface area contributed by atoms with E-state index < -0.39 is 10.0 Å². The zero-order valence-electron chi connectivity index (χ0n) is 17.4. The summed E-state index contributed by atoms with van der Waals surface area (Å²) in [4.78, 5) is 12.9. The lowest BCUT2D eigenvalue weighted by Crippen LogP contribution is -2.30. The van der Waals surface area contributed by atoms with Crippen molar-refractivity contribution in [3.63, 3.8) is 0 Å². The number of amides is 1. The molecule has 7 heteroatoms. The number of anilines is 1. The quantitative estimate of drug-likeness (QED) is 0.613. The van der Waals surface area contributed by atoms with Crippen molar-refractivity contribution >= 4 is 21.6 Å². The van der Waals surface area contributed by atoms with E-state index in [4.69, 9.17) is 4.74 Å². The van der Waals surface area contributed by atoms with E-state index in [2.05, 4.69) is 11.4 Å². The van der Waals surface area contributed by atoms with E-state index in [0.29, 0.717) is 36.7 Å². The average molecular weight is 429 g/mol. The monoisotopic (exact) mass is 428 g/mol. The van der Waals surface area contributed by atoms with Gasteiger partial charge in [-0.3, -0.25) is 4.79 Å². The van der Waals surface area contributed by atoms with Crippen LogP contribution < -0.4 is 10.1 Å². The number of allylic oxidation sites excluding steroid dienone is 2. The fraction of sp³-hybridized carbons (Fsp3) is 0.348. The zero-order valence-corrected chi connectivity index (χ0v) is 18.2. The smallest absolute Gasteiger partial charge is 0.243 e. The molecular weight excluding hydrogens is 400 g/mol. The summed E-state index contributed by atoms with van der Waals surface area (Å²) in [5.74, 6) is 0.740. The molecule has 1 aliphatic carbocycles. The highest BCUT2D eigenvalue weighted by Crippen LogP contribution is 2.33. The van der Waals surface area contributed by atoms with Crippen LogP contribution in [-0.2, 0) is 14.8 Å². The van der Waals surface area contributed by atoms with Gasteiger partial charge in [-0.15, -0.1) is 0 Å². The van der Waals surface area contributed by atoms with Crippen molar-refractivity contribution in [2.75, 3.05) is 18.4 Å². The van der Waals surface area contributed by atoms with Crippen LogP contribution in [0.5, 0.6) is 11.5 Å². The van der Waals surface area contributed by atoms with Gasteiger partial charge in [-0.1, -0.05) is 44.2 Å². The molecule has 3 rings (SSSR count). The van der Waals surface area contributed by atoms with E-state index in [0.717, 1.165) is 12.8 Å². The standard InChI is InChI=1S/C23H28N2O4S/c1-3-25(4-2)30(27,28)20-15-16-22(29-19-13-9-6-10-14-19)21(17-20)24-23(26)18-11-7-5-8-12-18/h5-7,9-10,13-18H,3-4,8,11-12H2,1-2H3,(H,24,26). The van der Waals surface area contributed by atoms with Crippen molar-refractivity contribution < 1.29 is 17.9 Å². The third kappa shape index (κ3) is 5.09. The summed E-state index contributed by atoms with van der Waals surface area (Å²) in [5, 5.41) is 2.91. The number of hydrogen-bond donors (Lipinski definition) is 1. The summed E-state index contributed by atoms with van der Waals surface area (Å²) >= 11 is 0. The molecule has 2 aromatic rings. The Bertz CT molecular complexity index is 999. The fourth-order valence-corrected chi connectivity index (χ4v) is 4.94. The minimum absolute atomic E-state index is 0.130. The van der Waals surface area contributed by atoms with Gasteiger partial charge in [0.25, 0.3) is 0 Å². The summed E-state index contributed by atoms with van der Waals surface area (Å²) in [6.45, 7) is 4.34. The number of benzene rings is 2. The molecule has 1 N–H and O–H groups in total. The van der Waals surface area contributed by atoms with Gasteiger partial charge in [0.05, 0.1) is 10.6 Å². The van der Waals surface area contributed by atoms with Crippen molar-refractivity contribution in [3.05, 3.63) is 60.7 Å². The van der Waals surface area contributed by atoms with Crippen molar-refractivity contribution in [1.82, 2.24) is 4.31 Å². The number of nitrogens with zero attached hydrogens (tertiary/aromatic N) is 1. The lowest BCUT2D eigenvalue weighted by molar-refractivity contribution is -0.120. The first-order valence-corrected chi connectivity index (χ1v) is 11.7. The maximum absolute atomic E-state index is 13.0. The Labute approximate surface area is 178 Å². The van der Waals surface area contributed by atoms with Crippen LogP contribution in [0.1, 0.15) is 33.1 Å². The molecule has 1 amide bonds. The Kier molecular flexibility index (Phi) is 7.29. The maximum Gasteiger partial charge on any atom is 0.243 e. The number of nitrogens with one attached hydrogen (secondary N) is 1. The summed E-state index contributed by atoms with van der Waals surface area (Å²) < 4.78 is 33.3. The molecule has 30 heavy (non-hydrogen) atoms. The van der Waals surface area contributed by atoms with Gasteiger partial charge < -0.3 is 10.1 Å². The number of para-hydroxylation sites is 1. The minimum Gasteiger partial charge on any atom is -0.455 e. The van der Waals surface area contributed by atoms with Crippen molar-refractivity contribution in [1.29, 1.82) is 0 Å². The molecule has 0 fully saturated rings. The van der Waals surface area contributed by atoms with Crippen LogP contribution in [0.25, 0.3) is 0 Å². The van der Waals surface area contributed by atoms with Gasteiger partial charge in [0.1, 0.15) is 5.75 Å². The van der Waals surface area contributed by atoms with Crippen LogP contribution in [0.3, 0.4) is 0 Å². The molecule has 0 radical (unpaired) electrons. The van der Waals surface area contributed by atoms with Crippen LogP contribution in [0, 0.1) is 5.92 Å². The number of hydrogen-bond acceptors (Lipinski definition) is 4. The number of rotatable bonds is 8. The van der Waals surface area contributed by atoms with Crippen molar-refractivity contribution in [2.45, 2.75) is 38.0 Å². The van der Waals surface area contributed by atoms with E-state index in [1.54, 1.807) is 32.0 Å². The molecule has 1 unspecified atom stereocenters. The Morgan fingerprint density at radius 3 is 2.47 bits per heavy atom. The minimum atomic E-state index is -3.66. The molecule has 0 saturated heterocycles. The second-order valence-corrected chi connectivity index (χ2v) is 9.07. The van der Waals surface area contributed by atoms with Gasteiger partial charge in [0.2, 0.25) is 15.9 Å². The van der Waals surface area contributed by atoms with E-state index in [1.807, 2.05) is 24.3 Å². The fourth-order valence-electron chi connectivity index (χ4n) is 3.45. The SMILES string of the molecule is CCN(CC)S(=O)(=O)c1ccc(Oc2ccccc2)c(NC(=O)C2CC=CCC2)c1. The molecule has 0 heterocycles. The first-order chi connectivity index (χ1) is 14.5. The van der Waals surface area contributed by atoms with Gasteiger partial charge in [0.15, 0.2) is 5.75 Å². The van der Waals surface area contributed by atoms with Gasteiger partial charge in [0, 0.05) is 19.0 Å². The number of carbonyl (C=O) groups is 1. The third-order valence-corrected chi connectivity index (χ3v) is 7.21. The Morgan fingerprint density at radius 1 is 1.10 bits per heavy atom. The number of carbonyl (C=O) groups excluding carboxylic acids is 1. The third-order valence-electron chi connectivity index (χ3n) is 5.16. The predicted octanol–water partition coefficient (Wildman–Crippen LogP) is 4.80. The van der Waals surface area contributed by atoms with Crippen LogP contribution in [0.15, 0.2) is 65.6 Å². The highest BCUT2D eigenvalue weighted by Gasteiger charge is 2.25. The van der Waals surface area contributed by atoms with Gasteiger partial charge >= 0.3 is 0 Å². The molecule has 1 atom stereocenters. The van der Waals surface area contributed by atoms with E-state index in [-0.39, 0.29) is 16.7 Å². The highest BCUT2D eigenvalue weighted by molar-refractivity contribution is 7.89. The second-order valence-electron chi connectivity index (χ2n) is 7.13. The first-order valence-electron chi connectivity index (χ1n) is 10.3. The zero-order chi connectivity index (χ0) is 21.6. The maximum atomic E-state index is 13.0. The number of sulfonamides is 1. The van der Waals surface area contributed by atoms with Crippen molar-refractivity contribution in [3.8, 4) is 11.5 Å². The van der Waals surface area contributed by atoms with Crippen molar-refractivity contribution in [2.24, 2.45) is 5.92 Å². The largest absolute Gasteiger partial charge is 0.455 e. The Balaban J connectivity index is 1.95. The molecule has 160 valence electrons. The molecule has 0 spiro atoms. The normalized spacial score (nSPS) is 16.4. The topological polar surface area (TPSA) is 75.7 Å². The molecule has 0 aliphatic heterocycles. The van der Waals surface area contributed by atoms with Crippen LogP contribution in [0.2, 0.25) is 0 Å². The summed E-state index contributed by atoms with van der Waals surface area (Å²) in [6, 6.07) is 13.8. The van der Waals surface area contributed by atoms with Gasteiger partial charge in [-0.2, -0.15) is 4.31 Å². The predicted molar refractivity (Wildman–Crippen MR) is 118 cm³/mol. The van der Waals surface area contributed by atoms with E-state index in [1.165, 1.54) is 16.4 Å². The van der Waals surface area contributed by atoms with Crippen LogP contribution >= 0.6 is 0 Å². The first kappa shape index (κ1) is 22.1. The molecule has 0 saturated carbocycles. The molecule has 2 aromatic carbocycles. The summed E-state index contributed by atoms with van der Waals surface area (Å²) in [5.41, 5.74) is 0.353. The molecule has 1 aliphatic rings. The lowest BCUT2D eigenvalue weighted by atomic mass is 9.93. The average Bonchev–Trinajstić information content (AvgIpc) is 2.77. The highest BCUT2D eigenvalue weighted by atomic mass is 32.2. The number of ether oxygens (including phenoxy) is 1. The molecule has 0 aromatic heterocycles. The van der Waals surface area contributed by atoms with E-state index in [9.17, 15) is 13.2 Å². The van der Waals surface area contributed by atoms with Gasteiger partial charge in [-0.25, -0.2) is 8.42 Å². The molecule has 0 bridgehead atoms. The van der Waals surface area contributed by atoms with E-state index >= 15 is 0 Å². The Morgan fingerprint density at radius 2 is 1.83 bits per heavy atom.